The number of halogens is 1. The molecule has 132 valence electrons. The van der Waals surface area contributed by atoms with Crippen LogP contribution in [-0.2, 0) is 9.53 Å². The lowest BCUT2D eigenvalue weighted by molar-refractivity contribution is -0.117. The number of hydrogen-bond donors (Lipinski definition) is 1. The van der Waals surface area contributed by atoms with Crippen LogP contribution in [0.25, 0.3) is 0 Å². The quantitative estimate of drug-likeness (QED) is 0.866. The maximum Gasteiger partial charge on any atom is 0.231 e. The van der Waals surface area contributed by atoms with Gasteiger partial charge in [-0.3, -0.25) is 4.79 Å². The van der Waals surface area contributed by atoms with E-state index in [1.165, 1.54) is 0 Å². The van der Waals surface area contributed by atoms with E-state index >= 15 is 0 Å². The van der Waals surface area contributed by atoms with E-state index in [-0.39, 0.29) is 11.8 Å². The molecule has 4 nitrogen and oxygen atoms in total. The number of benzene rings is 2. The summed E-state index contributed by atoms with van der Waals surface area (Å²) in [6.45, 7) is 5.02. The van der Waals surface area contributed by atoms with Gasteiger partial charge in [0, 0.05) is 18.1 Å². The van der Waals surface area contributed by atoms with Gasteiger partial charge in [-0.05, 0) is 30.2 Å². The van der Waals surface area contributed by atoms with Crippen LogP contribution in [0.5, 0.6) is 0 Å². The molecule has 0 bridgehead atoms. The SMILES string of the molecule is CCC(C(=O)Nc1cc(Cl)ccc1N1CCOCC1)c1ccccc1. The zero-order valence-electron chi connectivity index (χ0n) is 14.4. The van der Waals surface area contributed by atoms with E-state index in [0.717, 1.165) is 36.4 Å². The smallest absolute Gasteiger partial charge is 0.231 e. The number of anilines is 2. The fourth-order valence-electron chi connectivity index (χ4n) is 3.17. The summed E-state index contributed by atoms with van der Waals surface area (Å²) in [6, 6.07) is 15.5. The normalized spacial score (nSPS) is 15.7. The van der Waals surface area contributed by atoms with E-state index in [0.29, 0.717) is 18.2 Å². The maximum absolute atomic E-state index is 12.9. The second-order valence-corrected chi connectivity index (χ2v) is 6.56. The maximum atomic E-state index is 12.9. The molecule has 2 aromatic rings. The summed E-state index contributed by atoms with van der Waals surface area (Å²) in [5.74, 6) is -0.191. The number of carbonyl (C=O) groups is 1. The summed E-state index contributed by atoms with van der Waals surface area (Å²) < 4.78 is 5.42. The Balaban J connectivity index is 1.83. The highest BCUT2D eigenvalue weighted by Crippen LogP contribution is 2.31. The lowest BCUT2D eigenvalue weighted by Gasteiger charge is -2.31. The highest BCUT2D eigenvalue weighted by Gasteiger charge is 2.21. The molecule has 1 aliphatic heterocycles. The Morgan fingerprint density at radius 3 is 2.60 bits per heavy atom. The van der Waals surface area contributed by atoms with E-state index in [4.69, 9.17) is 16.3 Å². The molecule has 2 aromatic carbocycles. The van der Waals surface area contributed by atoms with Crippen molar-refractivity contribution < 1.29 is 9.53 Å². The standard InChI is InChI=1S/C20H23ClN2O2/c1-2-17(15-6-4-3-5-7-15)20(24)22-18-14-16(21)8-9-19(18)23-10-12-25-13-11-23/h3-9,14,17H,2,10-13H2,1H3,(H,22,24). The van der Waals surface area contributed by atoms with Crippen LogP contribution in [0, 0.1) is 0 Å². The van der Waals surface area contributed by atoms with Crippen LogP contribution >= 0.6 is 11.6 Å². The van der Waals surface area contributed by atoms with Crippen molar-refractivity contribution in [2.45, 2.75) is 19.3 Å². The van der Waals surface area contributed by atoms with Crippen molar-refractivity contribution in [2.24, 2.45) is 0 Å². The molecule has 1 fully saturated rings. The van der Waals surface area contributed by atoms with Crippen molar-refractivity contribution in [3.05, 3.63) is 59.1 Å². The number of amides is 1. The summed E-state index contributed by atoms with van der Waals surface area (Å²) >= 11 is 6.18. The number of nitrogens with one attached hydrogen (secondary N) is 1. The van der Waals surface area contributed by atoms with Crippen LogP contribution < -0.4 is 10.2 Å². The van der Waals surface area contributed by atoms with Crippen LogP contribution in [0.15, 0.2) is 48.5 Å². The van der Waals surface area contributed by atoms with E-state index < -0.39 is 0 Å². The molecule has 1 unspecified atom stereocenters. The average Bonchev–Trinajstić information content (AvgIpc) is 2.64. The van der Waals surface area contributed by atoms with Crippen molar-refractivity contribution in [2.75, 3.05) is 36.5 Å². The highest BCUT2D eigenvalue weighted by molar-refractivity contribution is 6.31. The Kier molecular flexibility index (Phi) is 5.95. The van der Waals surface area contributed by atoms with Crippen LogP contribution in [-0.4, -0.2) is 32.2 Å². The number of rotatable bonds is 5. The van der Waals surface area contributed by atoms with Crippen LogP contribution in [0.3, 0.4) is 0 Å². The molecule has 5 heteroatoms. The second kappa shape index (κ2) is 8.37. The Bertz CT molecular complexity index is 715. The first-order valence-electron chi connectivity index (χ1n) is 8.67. The Morgan fingerprint density at radius 1 is 1.20 bits per heavy atom. The molecule has 1 aliphatic rings. The van der Waals surface area contributed by atoms with Gasteiger partial charge in [0.15, 0.2) is 0 Å². The van der Waals surface area contributed by atoms with Crippen molar-refractivity contribution >= 4 is 28.9 Å². The molecule has 1 atom stereocenters. The first kappa shape index (κ1) is 17.8. The topological polar surface area (TPSA) is 41.6 Å². The minimum absolute atomic E-state index is 0.00882. The first-order chi connectivity index (χ1) is 12.2. The molecule has 0 spiro atoms. The Morgan fingerprint density at radius 2 is 1.92 bits per heavy atom. The zero-order valence-corrected chi connectivity index (χ0v) is 15.1. The van der Waals surface area contributed by atoms with Crippen LogP contribution in [0.2, 0.25) is 5.02 Å². The molecule has 0 aliphatic carbocycles. The molecule has 1 amide bonds. The van der Waals surface area contributed by atoms with E-state index in [1.54, 1.807) is 0 Å². The number of morpholine rings is 1. The Hall–Kier alpha value is -2.04. The predicted octanol–water partition coefficient (Wildman–Crippen LogP) is 4.31. The van der Waals surface area contributed by atoms with Gasteiger partial charge in [0.05, 0.1) is 30.5 Å². The van der Waals surface area contributed by atoms with Gasteiger partial charge in [-0.15, -0.1) is 0 Å². The largest absolute Gasteiger partial charge is 0.378 e. The van der Waals surface area contributed by atoms with E-state index in [2.05, 4.69) is 10.2 Å². The number of ether oxygens (including phenoxy) is 1. The summed E-state index contributed by atoms with van der Waals surface area (Å²) in [5, 5.41) is 3.70. The Labute approximate surface area is 153 Å². The van der Waals surface area contributed by atoms with Gasteiger partial charge >= 0.3 is 0 Å². The van der Waals surface area contributed by atoms with Crippen molar-refractivity contribution in [1.29, 1.82) is 0 Å². The van der Waals surface area contributed by atoms with Crippen molar-refractivity contribution in [3.63, 3.8) is 0 Å². The van der Waals surface area contributed by atoms with Gasteiger partial charge in [-0.1, -0.05) is 48.9 Å². The third-order valence-electron chi connectivity index (χ3n) is 4.49. The van der Waals surface area contributed by atoms with Gasteiger partial charge in [-0.2, -0.15) is 0 Å². The number of carbonyl (C=O) groups excluding carboxylic acids is 1. The van der Waals surface area contributed by atoms with Gasteiger partial charge in [-0.25, -0.2) is 0 Å². The minimum Gasteiger partial charge on any atom is -0.378 e. The van der Waals surface area contributed by atoms with E-state index in [1.807, 2.05) is 55.5 Å². The van der Waals surface area contributed by atoms with E-state index in [9.17, 15) is 4.79 Å². The predicted molar refractivity (Wildman–Crippen MR) is 103 cm³/mol. The summed E-state index contributed by atoms with van der Waals surface area (Å²) in [7, 11) is 0. The summed E-state index contributed by atoms with van der Waals surface area (Å²) in [6.07, 6.45) is 0.739. The molecule has 0 saturated carbocycles. The van der Waals surface area contributed by atoms with Gasteiger partial charge in [0.1, 0.15) is 0 Å². The van der Waals surface area contributed by atoms with Gasteiger partial charge < -0.3 is 15.0 Å². The summed E-state index contributed by atoms with van der Waals surface area (Å²) in [4.78, 5) is 15.1. The van der Waals surface area contributed by atoms with Crippen molar-refractivity contribution in [3.8, 4) is 0 Å². The molecule has 1 saturated heterocycles. The monoisotopic (exact) mass is 358 g/mol. The molecular weight excluding hydrogens is 336 g/mol. The molecule has 1 N–H and O–H groups in total. The zero-order chi connectivity index (χ0) is 17.6. The van der Waals surface area contributed by atoms with Gasteiger partial charge in [0.2, 0.25) is 5.91 Å². The second-order valence-electron chi connectivity index (χ2n) is 6.12. The van der Waals surface area contributed by atoms with Crippen LogP contribution in [0.1, 0.15) is 24.8 Å². The fourth-order valence-corrected chi connectivity index (χ4v) is 3.34. The highest BCUT2D eigenvalue weighted by atomic mass is 35.5. The number of hydrogen-bond acceptors (Lipinski definition) is 3. The summed E-state index contributed by atoms with van der Waals surface area (Å²) in [5.41, 5.74) is 2.77. The first-order valence-corrected chi connectivity index (χ1v) is 9.05. The number of nitrogens with zero attached hydrogens (tertiary/aromatic N) is 1. The minimum atomic E-state index is -0.183. The van der Waals surface area contributed by atoms with Gasteiger partial charge in [0.25, 0.3) is 0 Å². The lowest BCUT2D eigenvalue weighted by Crippen LogP contribution is -2.37. The molecule has 0 radical (unpaired) electrons. The van der Waals surface area contributed by atoms with Crippen LogP contribution in [0.4, 0.5) is 11.4 Å². The molecule has 0 aromatic heterocycles. The van der Waals surface area contributed by atoms with Crippen molar-refractivity contribution in [1.82, 2.24) is 0 Å². The molecule has 3 rings (SSSR count). The lowest BCUT2D eigenvalue weighted by atomic mass is 9.95. The average molecular weight is 359 g/mol. The fraction of sp³-hybridized carbons (Fsp3) is 0.350. The molecule has 1 heterocycles. The third-order valence-corrected chi connectivity index (χ3v) is 4.73. The molecular formula is C20H23ClN2O2. The molecule has 25 heavy (non-hydrogen) atoms. The third kappa shape index (κ3) is 4.33.